The Bertz CT molecular complexity index is 422. The normalized spacial score (nSPS) is 10.8. The summed E-state index contributed by atoms with van der Waals surface area (Å²) in [5.74, 6) is 0.0604. The zero-order valence-electron chi connectivity index (χ0n) is 11.0. The molecular formula is C15H20O3. The van der Waals surface area contributed by atoms with E-state index in [4.69, 9.17) is 9.84 Å². The Balaban J connectivity index is 2.66. The predicted molar refractivity (Wildman–Crippen MR) is 72.1 cm³/mol. The van der Waals surface area contributed by atoms with Gasteiger partial charge in [-0.15, -0.1) is 0 Å². The minimum absolute atomic E-state index is 0.153. The van der Waals surface area contributed by atoms with Crippen LogP contribution >= 0.6 is 0 Å². The van der Waals surface area contributed by atoms with Gasteiger partial charge in [0, 0.05) is 6.42 Å². The quantitative estimate of drug-likeness (QED) is 0.753. The van der Waals surface area contributed by atoms with Gasteiger partial charge in [0.2, 0.25) is 0 Å². The number of carboxylic acids is 1. The van der Waals surface area contributed by atoms with Crippen LogP contribution in [-0.2, 0) is 11.2 Å². The lowest BCUT2D eigenvalue weighted by Gasteiger charge is -2.11. The fourth-order valence-electron chi connectivity index (χ4n) is 1.70. The molecule has 1 aromatic rings. The summed E-state index contributed by atoms with van der Waals surface area (Å²) in [6.45, 7) is 4.60. The summed E-state index contributed by atoms with van der Waals surface area (Å²) in [6, 6.07) is 5.77. The molecule has 0 fully saturated rings. The summed E-state index contributed by atoms with van der Waals surface area (Å²) in [6.07, 6.45) is 5.75. The van der Waals surface area contributed by atoms with Crippen molar-refractivity contribution in [2.24, 2.45) is 0 Å². The predicted octanol–water partition coefficient (Wildman–Crippen LogP) is 3.36. The number of hydrogen-bond acceptors (Lipinski definition) is 2. The Morgan fingerprint density at radius 1 is 1.39 bits per heavy atom. The molecular weight excluding hydrogens is 228 g/mol. The van der Waals surface area contributed by atoms with E-state index in [0.29, 0.717) is 13.0 Å². The van der Waals surface area contributed by atoms with Gasteiger partial charge in [-0.25, -0.2) is 0 Å². The number of hydrogen-bond donors (Lipinski definition) is 1. The minimum Gasteiger partial charge on any atom is -0.489 e. The van der Waals surface area contributed by atoms with Gasteiger partial charge in [-0.3, -0.25) is 4.79 Å². The number of allylic oxidation sites excluding steroid dienone is 1. The van der Waals surface area contributed by atoms with Crippen LogP contribution in [0, 0.1) is 6.92 Å². The summed E-state index contributed by atoms with van der Waals surface area (Å²) >= 11 is 0. The van der Waals surface area contributed by atoms with Crippen LogP contribution in [0.15, 0.2) is 30.4 Å². The molecule has 0 aliphatic carbocycles. The lowest BCUT2D eigenvalue weighted by Crippen LogP contribution is -2.01. The molecule has 0 amide bonds. The van der Waals surface area contributed by atoms with Crippen molar-refractivity contribution < 1.29 is 14.6 Å². The van der Waals surface area contributed by atoms with E-state index in [1.807, 2.05) is 31.2 Å². The van der Waals surface area contributed by atoms with Crippen LogP contribution in [0.1, 0.15) is 30.9 Å². The summed E-state index contributed by atoms with van der Waals surface area (Å²) in [5.41, 5.74) is 2.07. The third kappa shape index (κ3) is 4.62. The Kier molecular flexibility index (Phi) is 5.98. The van der Waals surface area contributed by atoms with Crippen molar-refractivity contribution in [2.75, 3.05) is 6.61 Å². The van der Waals surface area contributed by atoms with Gasteiger partial charge in [-0.1, -0.05) is 31.2 Å². The zero-order chi connectivity index (χ0) is 13.4. The van der Waals surface area contributed by atoms with Gasteiger partial charge in [0.1, 0.15) is 12.4 Å². The van der Waals surface area contributed by atoms with Gasteiger partial charge >= 0.3 is 5.97 Å². The molecule has 18 heavy (non-hydrogen) atoms. The molecule has 3 nitrogen and oxygen atoms in total. The molecule has 0 radical (unpaired) electrons. The van der Waals surface area contributed by atoms with Crippen molar-refractivity contribution in [1.82, 2.24) is 0 Å². The number of benzene rings is 1. The average molecular weight is 248 g/mol. The van der Waals surface area contributed by atoms with Crippen LogP contribution in [0.2, 0.25) is 0 Å². The van der Waals surface area contributed by atoms with Crippen molar-refractivity contribution in [2.45, 2.75) is 33.1 Å². The van der Waals surface area contributed by atoms with E-state index in [9.17, 15) is 4.79 Å². The Hall–Kier alpha value is -1.77. The lowest BCUT2D eigenvalue weighted by atomic mass is 10.0. The third-order valence-electron chi connectivity index (χ3n) is 2.74. The first-order valence-electron chi connectivity index (χ1n) is 6.23. The van der Waals surface area contributed by atoms with Gasteiger partial charge < -0.3 is 9.84 Å². The highest BCUT2D eigenvalue weighted by Crippen LogP contribution is 2.22. The topological polar surface area (TPSA) is 46.5 Å². The molecule has 0 atom stereocenters. The highest BCUT2D eigenvalue weighted by Gasteiger charge is 2.06. The Labute approximate surface area is 108 Å². The monoisotopic (exact) mass is 248 g/mol. The van der Waals surface area contributed by atoms with Crippen LogP contribution in [0.25, 0.3) is 0 Å². The molecule has 1 N–H and O–H groups in total. The molecule has 0 spiro atoms. The number of ether oxygens (including phenoxy) is 1. The van der Waals surface area contributed by atoms with Gasteiger partial charge in [-0.2, -0.15) is 0 Å². The minimum atomic E-state index is -0.772. The SMILES string of the molecule is CC/C=C\COc1cccc(CCC(=O)O)c1C. The molecule has 0 aromatic heterocycles. The van der Waals surface area contributed by atoms with Crippen LogP contribution in [0.3, 0.4) is 0 Å². The molecule has 0 aliphatic rings. The van der Waals surface area contributed by atoms with Crippen LogP contribution in [0.5, 0.6) is 5.75 Å². The molecule has 3 heteroatoms. The van der Waals surface area contributed by atoms with E-state index in [-0.39, 0.29) is 6.42 Å². The molecule has 0 unspecified atom stereocenters. The number of carboxylic acid groups (broad SMARTS) is 1. The van der Waals surface area contributed by atoms with Gasteiger partial charge in [0.15, 0.2) is 0 Å². The van der Waals surface area contributed by atoms with Crippen LogP contribution in [-0.4, -0.2) is 17.7 Å². The Morgan fingerprint density at radius 3 is 2.83 bits per heavy atom. The van der Waals surface area contributed by atoms with Crippen molar-refractivity contribution in [3.05, 3.63) is 41.5 Å². The first kappa shape index (κ1) is 14.3. The number of aryl methyl sites for hydroxylation is 1. The maximum atomic E-state index is 10.6. The lowest BCUT2D eigenvalue weighted by molar-refractivity contribution is -0.136. The maximum Gasteiger partial charge on any atom is 0.303 e. The molecule has 1 rings (SSSR count). The molecule has 1 aromatic carbocycles. The molecule has 0 aliphatic heterocycles. The van der Waals surface area contributed by atoms with E-state index in [2.05, 4.69) is 13.0 Å². The highest BCUT2D eigenvalue weighted by atomic mass is 16.5. The summed E-state index contributed by atoms with van der Waals surface area (Å²) < 4.78 is 5.65. The summed E-state index contributed by atoms with van der Waals surface area (Å²) in [7, 11) is 0. The van der Waals surface area contributed by atoms with E-state index in [0.717, 1.165) is 23.3 Å². The number of aliphatic carboxylic acids is 1. The highest BCUT2D eigenvalue weighted by molar-refractivity contribution is 5.67. The first-order chi connectivity index (χ1) is 8.65. The number of rotatable bonds is 7. The van der Waals surface area contributed by atoms with Gasteiger partial charge in [0.05, 0.1) is 0 Å². The van der Waals surface area contributed by atoms with E-state index >= 15 is 0 Å². The molecule has 0 saturated heterocycles. The van der Waals surface area contributed by atoms with Crippen LogP contribution < -0.4 is 4.74 Å². The fourth-order valence-corrected chi connectivity index (χ4v) is 1.70. The maximum absolute atomic E-state index is 10.6. The van der Waals surface area contributed by atoms with Crippen molar-refractivity contribution in [1.29, 1.82) is 0 Å². The van der Waals surface area contributed by atoms with E-state index in [1.54, 1.807) is 0 Å². The molecule has 0 saturated carbocycles. The average Bonchev–Trinajstić information content (AvgIpc) is 2.35. The first-order valence-corrected chi connectivity index (χ1v) is 6.23. The second-order valence-corrected chi connectivity index (χ2v) is 4.12. The summed E-state index contributed by atoms with van der Waals surface area (Å²) in [4.78, 5) is 10.6. The smallest absolute Gasteiger partial charge is 0.303 e. The largest absolute Gasteiger partial charge is 0.489 e. The van der Waals surface area contributed by atoms with Crippen molar-refractivity contribution in [3.8, 4) is 5.75 Å². The van der Waals surface area contributed by atoms with E-state index in [1.165, 1.54) is 0 Å². The second-order valence-electron chi connectivity index (χ2n) is 4.12. The zero-order valence-corrected chi connectivity index (χ0v) is 11.0. The fraction of sp³-hybridized carbons (Fsp3) is 0.400. The third-order valence-corrected chi connectivity index (χ3v) is 2.74. The molecule has 98 valence electrons. The number of carbonyl (C=O) groups is 1. The van der Waals surface area contributed by atoms with Gasteiger partial charge in [-0.05, 0) is 37.0 Å². The summed E-state index contributed by atoms with van der Waals surface area (Å²) in [5, 5.41) is 8.70. The molecule has 0 bridgehead atoms. The van der Waals surface area contributed by atoms with Crippen molar-refractivity contribution in [3.63, 3.8) is 0 Å². The Morgan fingerprint density at radius 2 is 2.17 bits per heavy atom. The molecule has 0 heterocycles. The van der Waals surface area contributed by atoms with E-state index < -0.39 is 5.97 Å². The van der Waals surface area contributed by atoms with Crippen molar-refractivity contribution >= 4 is 5.97 Å². The standard InChI is InChI=1S/C15H20O3/c1-3-4-5-11-18-14-8-6-7-13(12(14)2)9-10-15(16)17/h4-8H,3,9-11H2,1-2H3,(H,16,17)/b5-4-. The van der Waals surface area contributed by atoms with Crippen LogP contribution in [0.4, 0.5) is 0 Å². The second kappa shape index (κ2) is 7.54. The van der Waals surface area contributed by atoms with Gasteiger partial charge in [0.25, 0.3) is 0 Å².